The van der Waals surface area contributed by atoms with E-state index in [1.807, 2.05) is 54.6 Å². The fraction of sp³-hybridized carbons (Fsp3) is 0.232. The second-order valence-corrected chi connectivity index (χ2v) is 17.0. The van der Waals surface area contributed by atoms with E-state index in [4.69, 9.17) is 38.8 Å². The SMILES string of the molecule is CO.COC(C)=O.COc1ccc(-c2cc(C)cc(COC3OCc4cc5ccccc5nc43)c2)cc1.Cc1ccc(I)cc1.Cc1cccc(COC2OCc3cc4ccccc4nc32)c1. The molecule has 1 N–H and O–H groups in total. The van der Waals surface area contributed by atoms with Crippen molar-refractivity contribution in [3.05, 3.63) is 206 Å². The van der Waals surface area contributed by atoms with Gasteiger partial charge >= 0.3 is 5.97 Å². The van der Waals surface area contributed by atoms with Gasteiger partial charge in [0.2, 0.25) is 12.6 Å². The highest BCUT2D eigenvalue weighted by atomic mass is 127. The topological polar surface area (TPSA) is 118 Å². The number of nitrogens with zero attached hydrogens (tertiary/aromatic N) is 2. The Labute approximate surface area is 407 Å². The third-order valence-corrected chi connectivity index (χ3v) is 11.4. The van der Waals surface area contributed by atoms with Crippen molar-refractivity contribution in [3.8, 4) is 16.9 Å². The maximum absolute atomic E-state index is 9.59. The van der Waals surface area contributed by atoms with E-state index in [-0.39, 0.29) is 12.3 Å². The van der Waals surface area contributed by atoms with Gasteiger partial charge in [-0.3, -0.25) is 4.79 Å². The van der Waals surface area contributed by atoms with E-state index in [0.29, 0.717) is 26.4 Å². The Morgan fingerprint density at radius 3 is 1.63 bits per heavy atom. The van der Waals surface area contributed by atoms with Gasteiger partial charge in [0.05, 0.1) is 51.7 Å². The number of hydrogen-bond donors (Lipinski definition) is 1. The van der Waals surface area contributed by atoms with Crippen LogP contribution in [0.25, 0.3) is 32.9 Å². The molecule has 0 aliphatic carbocycles. The molecule has 10 rings (SSSR count). The number of ether oxygens (including phenoxy) is 6. The van der Waals surface area contributed by atoms with Gasteiger partial charge in [-0.25, -0.2) is 9.97 Å². The minimum Gasteiger partial charge on any atom is -0.497 e. The molecule has 11 heteroatoms. The van der Waals surface area contributed by atoms with E-state index in [9.17, 15) is 4.79 Å². The number of pyridine rings is 2. The summed E-state index contributed by atoms with van der Waals surface area (Å²) < 4.78 is 34.4. The maximum atomic E-state index is 9.59. The first-order valence-electron chi connectivity index (χ1n) is 21.8. The predicted molar refractivity (Wildman–Crippen MR) is 272 cm³/mol. The van der Waals surface area contributed by atoms with Crippen molar-refractivity contribution in [1.82, 2.24) is 9.97 Å². The van der Waals surface area contributed by atoms with Gasteiger partial charge in [-0.2, -0.15) is 0 Å². The van der Waals surface area contributed by atoms with E-state index < -0.39 is 6.29 Å². The molecule has 10 nitrogen and oxygen atoms in total. The zero-order chi connectivity index (χ0) is 47.7. The number of carbonyl (C=O) groups is 1. The maximum Gasteiger partial charge on any atom is 0.302 e. The Morgan fingerprint density at radius 1 is 0.597 bits per heavy atom. The number of halogens is 1. The number of rotatable bonds is 8. The minimum absolute atomic E-state index is 0.245. The Morgan fingerprint density at radius 2 is 1.12 bits per heavy atom. The highest BCUT2D eigenvalue weighted by molar-refractivity contribution is 14.1. The summed E-state index contributed by atoms with van der Waals surface area (Å²) in [5, 5.41) is 9.27. The summed E-state index contributed by atoms with van der Waals surface area (Å²) in [4.78, 5) is 19.1. The number of fused-ring (bicyclic) bond motifs is 4. The van der Waals surface area contributed by atoms with Crippen molar-refractivity contribution in [3.63, 3.8) is 0 Å². The molecule has 0 saturated heterocycles. The molecule has 0 bridgehead atoms. The van der Waals surface area contributed by atoms with Gasteiger partial charge < -0.3 is 33.5 Å². The average Bonchev–Trinajstić information content (AvgIpc) is 3.95. The summed E-state index contributed by atoms with van der Waals surface area (Å²) in [6.45, 7) is 9.72. The van der Waals surface area contributed by atoms with Crippen LogP contribution >= 0.6 is 22.6 Å². The fourth-order valence-corrected chi connectivity index (χ4v) is 7.67. The smallest absolute Gasteiger partial charge is 0.302 e. The normalized spacial score (nSPS) is 14.1. The largest absolute Gasteiger partial charge is 0.497 e. The number of aryl methyl sites for hydroxylation is 3. The lowest BCUT2D eigenvalue weighted by atomic mass is 10.0. The zero-order valence-electron chi connectivity index (χ0n) is 39.0. The fourth-order valence-electron chi connectivity index (χ4n) is 7.31. The van der Waals surface area contributed by atoms with Gasteiger partial charge in [0.1, 0.15) is 17.1 Å². The van der Waals surface area contributed by atoms with E-state index >= 15 is 0 Å². The molecule has 2 aliphatic rings. The minimum atomic E-state index is -0.436. The molecule has 8 aromatic rings. The van der Waals surface area contributed by atoms with Crippen molar-refractivity contribution in [2.75, 3.05) is 21.3 Å². The lowest BCUT2D eigenvalue weighted by molar-refractivity contribution is -0.147. The standard InChI is InChI=1S/C26H23NO3.C19H17NO2.C7H7I.C3H6O2.CH4O/c1-17-11-18(13-21(12-17)19-7-9-23(28-2)10-8-19)15-29-26-25-22(16-30-26)14-20-5-3-4-6-24(20)27-25;1-13-5-4-6-14(9-13)11-21-19-18-16(12-22-19)10-15-7-2-3-8-17(15)20-18;1-6-2-4-7(8)5-3-6;1-3(4)5-2;1-2/h3-14,26H,15-16H2,1-2H3;2-10,19H,11-12H2,1H3;2-5H,1H3;1-2H3;2H,1H3. The summed E-state index contributed by atoms with van der Waals surface area (Å²) in [5.41, 5.74) is 14.3. The number of aliphatic hydroxyl groups is 1. The highest BCUT2D eigenvalue weighted by Gasteiger charge is 2.27. The van der Waals surface area contributed by atoms with Gasteiger partial charge in [-0.15, -0.1) is 0 Å². The van der Waals surface area contributed by atoms with Crippen LogP contribution in [0.15, 0.2) is 152 Å². The molecule has 0 fully saturated rings. The summed E-state index contributed by atoms with van der Waals surface area (Å²) >= 11 is 2.30. The summed E-state index contributed by atoms with van der Waals surface area (Å²) in [7, 11) is 4.03. The lowest BCUT2D eigenvalue weighted by Crippen LogP contribution is -2.05. The Hall–Kier alpha value is -6.06. The summed E-state index contributed by atoms with van der Waals surface area (Å²) in [6.07, 6.45) is -0.810. The molecule has 6 aromatic carbocycles. The molecule has 67 heavy (non-hydrogen) atoms. The third kappa shape index (κ3) is 14.5. The molecule has 0 spiro atoms. The Bertz CT molecular complexity index is 2830. The van der Waals surface area contributed by atoms with Crippen LogP contribution in [0.4, 0.5) is 0 Å². The number of aliphatic hydroxyl groups excluding tert-OH is 1. The van der Waals surface area contributed by atoms with Crippen molar-refractivity contribution in [2.45, 2.75) is 66.7 Å². The number of hydrogen-bond acceptors (Lipinski definition) is 10. The zero-order valence-corrected chi connectivity index (χ0v) is 41.2. The van der Waals surface area contributed by atoms with Gasteiger partial charge in [0.15, 0.2) is 0 Å². The van der Waals surface area contributed by atoms with E-state index in [1.165, 1.54) is 34.3 Å². The van der Waals surface area contributed by atoms with Crippen LogP contribution in [0, 0.1) is 24.3 Å². The van der Waals surface area contributed by atoms with Crippen LogP contribution in [0.5, 0.6) is 5.75 Å². The van der Waals surface area contributed by atoms with Crippen molar-refractivity contribution in [2.24, 2.45) is 0 Å². The van der Waals surface area contributed by atoms with Gasteiger partial charge in [0, 0.05) is 39.5 Å². The molecule has 0 saturated carbocycles. The van der Waals surface area contributed by atoms with Crippen LogP contribution < -0.4 is 4.74 Å². The Kier molecular flexibility index (Phi) is 18.9. The third-order valence-electron chi connectivity index (χ3n) is 10.6. The highest BCUT2D eigenvalue weighted by Crippen LogP contribution is 2.35. The number of para-hydroxylation sites is 2. The molecule has 2 aromatic heterocycles. The van der Waals surface area contributed by atoms with Crippen LogP contribution in [0.1, 0.15) is 69.8 Å². The molecule has 2 unspecified atom stereocenters. The number of aromatic nitrogens is 2. The monoisotopic (exact) mass is 1010 g/mol. The summed E-state index contributed by atoms with van der Waals surface area (Å²) in [6, 6.07) is 51.9. The van der Waals surface area contributed by atoms with Gasteiger partial charge in [0.25, 0.3) is 0 Å². The number of esters is 1. The Balaban J connectivity index is 0.000000174. The molecule has 4 heterocycles. The first kappa shape index (κ1) is 50.4. The number of benzene rings is 6. The average molecular weight is 1010 g/mol. The van der Waals surface area contributed by atoms with E-state index in [2.05, 4.69) is 145 Å². The lowest BCUT2D eigenvalue weighted by Gasteiger charge is -2.14. The second-order valence-electron chi connectivity index (χ2n) is 15.8. The van der Waals surface area contributed by atoms with E-state index in [1.54, 1.807) is 7.11 Å². The molecule has 2 aliphatic heterocycles. The molecule has 346 valence electrons. The number of methoxy groups -OCH3 is 2. The first-order chi connectivity index (χ1) is 32.5. The summed E-state index contributed by atoms with van der Waals surface area (Å²) in [5.74, 6) is 0.608. The molecular weight excluding hydrogens is 956 g/mol. The molecule has 0 amide bonds. The number of carbonyl (C=O) groups excluding carboxylic acids is 1. The van der Waals surface area contributed by atoms with Crippen molar-refractivity contribution >= 4 is 50.4 Å². The molecule has 0 radical (unpaired) electrons. The van der Waals surface area contributed by atoms with Crippen LogP contribution in [0.3, 0.4) is 0 Å². The van der Waals surface area contributed by atoms with Crippen molar-refractivity contribution in [1.29, 1.82) is 0 Å². The van der Waals surface area contributed by atoms with Crippen LogP contribution in [-0.4, -0.2) is 42.4 Å². The first-order valence-corrected chi connectivity index (χ1v) is 22.9. The molecular formula is C56H57IN2O8. The molecule has 2 atom stereocenters. The second kappa shape index (κ2) is 25.2. The van der Waals surface area contributed by atoms with Gasteiger partial charge in [-0.1, -0.05) is 114 Å². The quantitative estimate of drug-likeness (QED) is 0.116. The predicted octanol–water partition coefficient (Wildman–Crippen LogP) is 12.6. The van der Waals surface area contributed by atoms with E-state index in [0.717, 1.165) is 79.4 Å². The van der Waals surface area contributed by atoms with Crippen LogP contribution in [0.2, 0.25) is 0 Å². The van der Waals surface area contributed by atoms with Crippen LogP contribution in [-0.2, 0) is 54.9 Å². The van der Waals surface area contributed by atoms with Gasteiger partial charge in [-0.05, 0) is 120 Å². The van der Waals surface area contributed by atoms with Crippen molar-refractivity contribution < 1.29 is 38.3 Å².